The topological polar surface area (TPSA) is 114 Å². The first kappa shape index (κ1) is 22.9. The van der Waals surface area contributed by atoms with Gasteiger partial charge in [0.2, 0.25) is 5.95 Å². The second-order valence-corrected chi connectivity index (χ2v) is 9.27. The number of allylic oxidation sites excluding steroid dienone is 1. The number of fused-ring (bicyclic) bond motifs is 2. The van der Waals surface area contributed by atoms with Gasteiger partial charge in [0.25, 0.3) is 5.56 Å². The van der Waals surface area contributed by atoms with Crippen molar-refractivity contribution >= 4 is 22.8 Å². The quantitative estimate of drug-likeness (QED) is 0.412. The Bertz CT molecular complexity index is 1480. The summed E-state index contributed by atoms with van der Waals surface area (Å²) in [6.07, 6.45) is 4.12. The summed E-state index contributed by atoms with van der Waals surface area (Å²) in [5, 5.41) is 14.0. The molecule has 10 nitrogen and oxygen atoms in total. The van der Waals surface area contributed by atoms with Crippen LogP contribution in [0.15, 0.2) is 54.0 Å². The van der Waals surface area contributed by atoms with Crippen molar-refractivity contribution in [3.8, 4) is 5.82 Å². The lowest BCUT2D eigenvalue weighted by Crippen LogP contribution is -2.27. The normalized spacial score (nSPS) is 14.2. The smallest absolute Gasteiger partial charge is 0.278 e. The molecule has 0 aliphatic carbocycles. The van der Waals surface area contributed by atoms with Gasteiger partial charge in [-0.05, 0) is 51.1 Å². The highest BCUT2D eigenvalue weighted by molar-refractivity contribution is 5.76. The lowest BCUT2D eigenvalue weighted by Gasteiger charge is -2.24. The number of nitrogens with one attached hydrogen (secondary N) is 1. The zero-order chi connectivity index (χ0) is 24.7. The molecule has 0 amide bonds. The Hall–Kier alpha value is -3.89. The molecule has 5 rings (SSSR count). The van der Waals surface area contributed by atoms with Gasteiger partial charge in [-0.2, -0.15) is 4.98 Å². The molecule has 0 aromatic carbocycles. The number of hydrogen-bond donors (Lipinski definition) is 2. The van der Waals surface area contributed by atoms with Gasteiger partial charge in [0.05, 0.1) is 17.9 Å². The third-order valence-electron chi connectivity index (χ3n) is 6.05. The monoisotopic (exact) mass is 472 g/mol. The molecule has 1 aliphatic rings. The van der Waals surface area contributed by atoms with Crippen LogP contribution >= 0.6 is 0 Å². The summed E-state index contributed by atoms with van der Waals surface area (Å²) in [6.45, 7) is 9.17. The van der Waals surface area contributed by atoms with Gasteiger partial charge in [0.1, 0.15) is 16.8 Å². The van der Waals surface area contributed by atoms with E-state index in [-0.39, 0.29) is 12.1 Å². The molecule has 2 N–H and O–H groups in total. The average Bonchev–Trinajstić information content (AvgIpc) is 3.09. The molecule has 4 aromatic rings. The van der Waals surface area contributed by atoms with E-state index < -0.39 is 5.60 Å². The molecule has 0 saturated heterocycles. The van der Waals surface area contributed by atoms with Crippen molar-refractivity contribution in [3.63, 3.8) is 0 Å². The van der Waals surface area contributed by atoms with Crippen molar-refractivity contribution in [1.82, 2.24) is 34.2 Å². The van der Waals surface area contributed by atoms with Crippen LogP contribution in [0.2, 0.25) is 0 Å². The third kappa shape index (κ3) is 4.33. The minimum absolute atomic E-state index is 0.253. The Morgan fingerprint density at radius 3 is 2.80 bits per heavy atom. The van der Waals surface area contributed by atoms with Gasteiger partial charge in [-0.25, -0.2) is 24.3 Å². The number of anilines is 2. The average molecular weight is 473 g/mol. The number of aliphatic hydroxyl groups is 1. The molecule has 180 valence electrons. The highest BCUT2D eigenvalue weighted by Crippen LogP contribution is 2.23. The van der Waals surface area contributed by atoms with E-state index in [0.29, 0.717) is 34.3 Å². The zero-order valence-corrected chi connectivity index (χ0v) is 20.1. The Labute approximate surface area is 202 Å². The van der Waals surface area contributed by atoms with Gasteiger partial charge < -0.3 is 15.3 Å². The van der Waals surface area contributed by atoms with E-state index in [2.05, 4.69) is 44.9 Å². The fourth-order valence-electron chi connectivity index (χ4n) is 4.22. The minimum atomic E-state index is -1.14. The van der Waals surface area contributed by atoms with Crippen molar-refractivity contribution in [1.29, 1.82) is 0 Å². The molecular formula is C25H28N8O2. The fourth-order valence-corrected chi connectivity index (χ4v) is 4.22. The summed E-state index contributed by atoms with van der Waals surface area (Å²) in [4.78, 5) is 33.8. The lowest BCUT2D eigenvalue weighted by molar-refractivity contribution is 0.0738. The third-order valence-corrected chi connectivity index (χ3v) is 6.05. The second kappa shape index (κ2) is 8.71. The lowest BCUT2D eigenvalue weighted by atomic mass is 10.1. The second-order valence-electron chi connectivity index (χ2n) is 9.27. The van der Waals surface area contributed by atoms with Crippen LogP contribution in [0.4, 0.5) is 11.8 Å². The molecule has 0 atom stereocenters. The first-order chi connectivity index (χ1) is 16.7. The number of nitrogens with zero attached hydrogens (tertiary/aromatic N) is 7. The van der Waals surface area contributed by atoms with Crippen molar-refractivity contribution in [2.24, 2.45) is 0 Å². The summed E-state index contributed by atoms with van der Waals surface area (Å²) in [5.74, 6) is 1.41. The Kier molecular flexibility index (Phi) is 5.70. The zero-order valence-electron chi connectivity index (χ0n) is 20.1. The molecule has 0 radical (unpaired) electrons. The van der Waals surface area contributed by atoms with Crippen molar-refractivity contribution in [2.45, 2.75) is 39.0 Å². The van der Waals surface area contributed by atoms with Crippen LogP contribution in [-0.2, 0) is 25.1 Å². The Balaban J connectivity index is 1.60. The van der Waals surface area contributed by atoms with Crippen LogP contribution in [0.3, 0.4) is 0 Å². The maximum absolute atomic E-state index is 13.2. The summed E-state index contributed by atoms with van der Waals surface area (Å²) < 4.78 is 3.14. The van der Waals surface area contributed by atoms with Crippen molar-refractivity contribution < 1.29 is 5.11 Å². The first-order valence-corrected chi connectivity index (χ1v) is 11.5. The SMILES string of the molecule is C=CCn1c(=O)c2cnc(Nc3ccc4c(n3)CN(C)CC4)nc2n1-c1cccc(C(C)(C)O)n1. The maximum Gasteiger partial charge on any atom is 0.278 e. The van der Waals surface area contributed by atoms with E-state index in [9.17, 15) is 9.90 Å². The van der Waals surface area contributed by atoms with E-state index >= 15 is 0 Å². The maximum atomic E-state index is 13.2. The molecule has 0 saturated carbocycles. The van der Waals surface area contributed by atoms with Gasteiger partial charge >= 0.3 is 0 Å². The number of hydrogen-bond acceptors (Lipinski definition) is 8. The van der Waals surface area contributed by atoms with Crippen LogP contribution < -0.4 is 10.9 Å². The van der Waals surface area contributed by atoms with Crippen LogP contribution in [0.1, 0.15) is 30.8 Å². The van der Waals surface area contributed by atoms with Gasteiger partial charge in [-0.15, -0.1) is 6.58 Å². The largest absolute Gasteiger partial charge is 0.384 e. The van der Waals surface area contributed by atoms with Crippen LogP contribution in [0, 0.1) is 0 Å². The molecule has 0 unspecified atom stereocenters. The predicted octanol–water partition coefficient (Wildman–Crippen LogP) is 2.52. The van der Waals surface area contributed by atoms with E-state index in [0.717, 1.165) is 25.2 Å². The number of likely N-dealkylation sites (N-methyl/N-ethyl adjacent to an activating group) is 1. The molecule has 0 fully saturated rings. The molecule has 0 bridgehead atoms. The van der Waals surface area contributed by atoms with Gasteiger partial charge in [0, 0.05) is 19.3 Å². The van der Waals surface area contributed by atoms with Crippen LogP contribution in [0.25, 0.3) is 16.9 Å². The summed E-state index contributed by atoms with van der Waals surface area (Å²) in [6, 6.07) is 9.30. The first-order valence-electron chi connectivity index (χ1n) is 11.5. The van der Waals surface area contributed by atoms with Crippen molar-refractivity contribution in [2.75, 3.05) is 18.9 Å². The Morgan fingerprint density at radius 1 is 1.20 bits per heavy atom. The fraction of sp³-hybridized carbons (Fsp3) is 0.320. The van der Waals surface area contributed by atoms with Gasteiger partial charge in [-0.1, -0.05) is 18.2 Å². The highest BCUT2D eigenvalue weighted by Gasteiger charge is 2.22. The van der Waals surface area contributed by atoms with E-state index in [4.69, 9.17) is 4.98 Å². The van der Waals surface area contributed by atoms with Gasteiger partial charge in [-0.3, -0.25) is 4.79 Å². The minimum Gasteiger partial charge on any atom is -0.384 e. The Morgan fingerprint density at radius 2 is 2.03 bits per heavy atom. The van der Waals surface area contributed by atoms with E-state index in [1.165, 1.54) is 16.4 Å². The van der Waals surface area contributed by atoms with E-state index in [1.54, 1.807) is 42.8 Å². The molecule has 10 heteroatoms. The molecule has 35 heavy (non-hydrogen) atoms. The predicted molar refractivity (Wildman–Crippen MR) is 134 cm³/mol. The molecule has 4 aromatic heterocycles. The number of aromatic nitrogens is 6. The summed E-state index contributed by atoms with van der Waals surface area (Å²) in [7, 11) is 2.08. The highest BCUT2D eigenvalue weighted by atomic mass is 16.3. The molecule has 5 heterocycles. The van der Waals surface area contributed by atoms with Crippen LogP contribution in [-0.4, -0.2) is 52.9 Å². The molecule has 0 spiro atoms. The summed E-state index contributed by atoms with van der Waals surface area (Å²) >= 11 is 0. The summed E-state index contributed by atoms with van der Waals surface area (Å²) in [5.41, 5.74) is 1.76. The van der Waals surface area contributed by atoms with Gasteiger partial charge in [0.15, 0.2) is 11.5 Å². The molecular weight excluding hydrogens is 444 g/mol. The van der Waals surface area contributed by atoms with Crippen LogP contribution in [0.5, 0.6) is 0 Å². The van der Waals surface area contributed by atoms with Crippen molar-refractivity contribution in [3.05, 3.63) is 76.5 Å². The number of pyridine rings is 2. The molecule has 1 aliphatic heterocycles. The van der Waals surface area contributed by atoms with E-state index in [1.807, 2.05) is 6.07 Å². The number of rotatable bonds is 6. The standard InChI is InChI=1S/C25H28N8O2/c1-5-12-32-23(34)17-14-26-24(29-20-10-9-16-11-13-31(4)15-18(16)27-20)30-22(17)33(32)21-8-6-7-19(28-21)25(2,3)35/h5-10,14,35H,1,11-13,15H2,2-4H3,(H,26,27,29,30).